The van der Waals surface area contributed by atoms with Gasteiger partial charge in [0, 0.05) is 31.1 Å². The molecule has 1 aliphatic heterocycles. The zero-order chi connectivity index (χ0) is 35.2. The van der Waals surface area contributed by atoms with Crippen molar-refractivity contribution in [2.45, 2.75) is 51.0 Å². The van der Waals surface area contributed by atoms with E-state index in [1.807, 2.05) is 78.9 Å². The number of carbonyl (C=O) groups is 1. The number of para-hydroxylation sites is 2. The van der Waals surface area contributed by atoms with Crippen LogP contribution in [0.15, 0.2) is 134 Å². The van der Waals surface area contributed by atoms with E-state index < -0.39 is 6.29 Å². The maximum absolute atomic E-state index is 12.9. The molecule has 4 atom stereocenters. The fraction of sp³-hybridized carbons (Fsp3) is 0.233. The second-order valence-electron chi connectivity index (χ2n) is 13.1. The topological polar surface area (TPSA) is 96.8 Å². The minimum Gasteiger partial charge on any atom is -0.392 e. The Kier molecular flexibility index (Phi) is 10.6. The van der Waals surface area contributed by atoms with Gasteiger partial charge in [-0.15, -0.1) is 0 Å². The number of nitrogens with one attached hydrogen (secondary N) is 1. The van der Waals surface area contributed by atoms with Crippen LogP contribution in [-0.4, -0.2) is 45.6 Å². The summed E-state index contributed by atoms with van der Waals surface area (Å²) in [5.74, 6) is -0.272. The largest absolute Gasteiger partial charge is 0.392 e. The molecule has 4 unspecified atom stereocenters. The van der Waals surface area contributed by atoms with Crippen LogP contribution < -0.4 is 5.32 Å². The number of benzene rings is 5. The number of rotatable bonds is 11. The highest BCUT2D eigenvalue weighted by molar-refractivity contribution is 5.93. The van der Waals surface area contributed by atoms with Crippen LogP contribution in [0.4, 0.5) is 0 Å². The molecule has 258 valence electrons. The molecule has 1 saturated heterocycles. The third kappa shape index (κ3) is 8.22. The summed E-state index contributed by atoms with van der Waals surface area (Å²) in [4.78, 5) is 24.1. The number of nitrogens with zero attached hydrogens (tertiary/aromatic N) is 3. The highest BCUT2D eigenvalue weighted by Crippen LogP contribution is 2.39. The number of ether oxygens (including phenoxy) is 2. The van der Waals surface area contributed by atoms with E-state index in [1.165, 1.54) is 11.8 Å². The van der Waals surface area contributed by atoms with Crippen LogP contribution in [0.5, 0.6) is 0 Å². The average Bonchev–Trinajstić information content (AvgIpc) is 3.19. The van der Waals surface area contributed by atoms with E-state index in [0.29, 0.717) is 18.5 Å². The van der Waals surface area contributed by atoms with E-state index in [1.54, 1.807) is 0 Å². The minimum absolute atomic E-state index is 0.00182. The monoisotopic (exact) mass is 678 g/mol. The van der Waals surface area contributed by atoms with Crippen molar-refractivity contribution in [1.82, 2.24) is 20.2 Å². The van der Waals surface area contributed by atoms with Gasteiger partial charge < -0.3 is 19.9 Å². The van der Waals surface area contributed by atoms with Crippen molar-refractivity contribution in [3.8, 4) is 11.1 Å². The predicted molar refractivity (Wildman–Crippen MR) is 198 cm³/mol. The maximum atomic E-state index is 12.9. The lowest BCUT2D eigenvalue weighted by Gasteiger charge is -2.39. The van der Waals surface area contributed by atoms with E-state index in [9.17, 15) is 9.90 Å². The van der Waals surface area contributed by atoms with Crippen molar-refractivity contribution in [3.05, 3.63) is 167 Å². The van der Waals surface area contributed by atoms with Crippen LogP contribution in [0.1, 0.15) is 70.1 Å². The standard InChI is InChI=1S/C43H42N4O4/c1-29(32-11-4-3-5-12-32)47(2)27-37-24-41(33-20-18-30(28-48)19-21-33)51-43(50-37)36-15-9-14-35(23-36)34-13-8-10-31(22-34)25-45-42(49)40-26-44-38-16-6-7-17-39(38)46-40/h3-23,26,29,37,41,43,48H,24-25,27-28H2,1-2H3,(H,45,49). The Balaban J connectivity index is 1.08. The summed E-state index contributed by atoms with van der Waals surface area (Å²) < 4.78 is 13.4. The zero-order valence-corrected chi connectivity index (χ0v) is 28.9. The van der Waals surface area contributed by atoms with Crippen molar-refractivity contribution in [2.24, 2.45) is 0 Å². The first-order valence-corrected chi connectivity index (χ1v) is 17.4. The lowest BCUT2D eigenvalue weighted by atomic mass is 9.98. The number of fused-ring (bicyclic) bond motifs is 1. The van der Waals surface area contributed by atoms with Crippen molar-refractivity contribution in [2.75, 3.05) is 13.6 Å². The van der Waals surface area contributed by atoms with Gasteiger partial charge in [0.15, 0.2) is 6.29 Å². The van der Waals surface area contributed by atoms with E-state index >= 15 is 0 Å². The molecular formula is C43H42N4O4. The SMILES string of the molecule is CC(c1ccccc1)N(C)CC1CC(c2ccc(CO)cc2)OC(c2cccc(-c3cccc(CNC(=O)c4cnc5ccccc5n4)c3)c2)O1. The van der Waals surface area contributed by atoms with Gasteiger partial charge in [0.25, 0.3) is 5.91 Å². The van der Waals surface area contributed by atoms with Gasteiger partial charge in [-0.3, -0.25) is 14.7 Å². The van der Waals surface area contributed by atoms with Crippen LogP contribution in [0.3, 0.4) is 0 Å². The quantitative estimate of drug-likeness (QED) is 0.144. The van der Waals surface area contributed by atoms with Crippen molar-refractivity contribution >= 4 is 16.9 Å². The molecule has 1 aliphatic rings. The number of likely N-dealkylation sites (N-methyl/N-ethyl adjacent to an activating group) is 1. The van der Waals surface area contributed by atoms with E-state index in [2.05, 4.69) is 82.7 Å². The van der Waals surface area contributed by atoms with Gasteiger partial charge in [-0.1, -0.05) is 103 Å². The van der Waals surface area contributed by atoms with Gasteiger partial charge in [0.1, 0.15) is 5.69 Å². The first-order chi connectivity index (χ1) is 24.9. The number of aliphatic hydroxyl groups is 1. The minimum atomic E-state index is -0.572. The second-order valence-corrected chi connectivity index (χ2v) is 13.1. The zero-order valence-electron chi connectivity index (χ0n) is 28.9. The lowest BCUT2D eigenvalue weighted by molar-refractivity contribution is -0.253. The van der Waals surface area contributed by atoms with E-state index in [4.69, 9.17) is 9.47 Å². The Bertz CT molecular complexity index is 2090. The molecule has 0 aliphatic carbocycles. The molecule has 0 radical (unpaired) electrons. The average molecular weight is 679 g/mol. The summed E-state index contributed by atoms with van der Waals surface area (Å²) in [5.41, 5.74) is 8.85. The molecule has 8 nitrogen and oxygen atoms in total. The number of aromatic nitrogens is 2. The molecular weight excluding hydrogens is 636 g/mol. The Hall–Kier alpha value is -5.25. The molecule has 51 heavy (non-hydrogen) atoms. The smallest absolute Gasteiger partial charge is 0.271 e. The number of carbonyl (C=O) groups excluding carboxylic acids is 1. The highest BCUT2D eigenvalue weighted by atomic mass is 16.7. The molecule has 2 N–H and O–H groups in total. The third-order valence-electron chi connectivity index (χ3n) is 9.60. The molecule has 6 aromatic rings. The first-order valence-electron chi connectivity index (χ1n) is 17.4. The number of hydrogen-bond donors (Lipinski definition) is 2. The molecule has 0 spiro atoms. The van der Waals surface area contributed by atoms with Gasteiger partial charge in [-0.25, -0.2) is 4.98 Å². The number of aliphatic hydroxyl groups excluding tert-OH is 1. The van der Waals surface area contributed by atoms with Crippen LogP contribution >= 0.6 is 0 Å². The number of hydrogen-bond acceptors (Lipinski definition) is 7. The molecule has 5 aromatic carbocycles. The molecule has 1 amide bonds. The third-order valence-corrected chi connectivity index (χ3v) is 9.60. The summed E-state index contributed by atoms with van der Waals surface area (Å²) in [7, 11) is 2.14. The molecule has 1 aromatic heterocycles. The van der Waals surface area contributed by atoms with Crippen LogP contribution in [-0.2, 0) is 22.6 Å². The van der Waals surface area contributed by atoms with Crippen LogP contribution in [0.25, 0.3) is 22.2 Å². The van der Waals surface area contributed by atoms with Gasteiger partial charge in [0.05, 0.1) is 36.0 Å². The van der Waals surface area contributed by atoms with Crippen molar-refractivity contribution in [3.63, 3.8) is 0 Å². The molecule has 7 rings (SSSR count). The molecule has 0 saturated carbocycles. The van der Waals surface area contributed by atoms with Crippen molar-refractivity contribution < 1.29 is 19.4 Å². The number of amides is 1. The summed E-state index contributed by atoms with van der Waals surface area (Å²) in [6.45, 7) is 3.31. The summed E-state index contributed by atoms with van der Waals surface area (Å²) >= 11 is 0. The predicted octanol–water partition coefficient (Wildman–Crippen LogP) is 7.96. The Morgan fingerprint density at radius 2 is 1.55 bits per heavy atom. The molecule has 2 heterocycles. The highest BCUT2D eigenvalue weighted by Gasteiger charge is 2.33. The summed E-state index contributed by atoms with van der Waals surface area (Å²) in [6, 6.07) is 42.6. The van der Waals surface area contributed by atoms with Gasteiger partial charge in [-0.2, -0.15) is 0 Å². The second kappa shape index (κ2) is 15.7. The summed E-state index contributed by atoms with van der Waals surface area (Å²) in [6.07, 6.45) is 1.39. The van der Waals surface area contributed by atoms with Gasteiger partial charge >= 0.3 is 0 Å². The van der Waals surface area contributed by atoms with Gasteiger partial charge in [0.2, 0.25) is 0 Å². The van der Waals surface area contributed by atoms with Crippen molar-refractivity contribution in [1.29, 1.82) is 0 Å². The fourth-order valence-corrected chi connectivity index (χ4v) is 6.56. The van der Waals surface area contributed by atoms with E-state index in [0.717, 1.165) is 45.4 Å². The normalized spacial score (nSPS) is 18.1. The summed E-state index contributed by atoms with van der Waals surface area (Å²) in [5, 5.41) is 12.6. The fourth-order valence-electron chi connectivity index (χ4n) is 6.56. The molecule has 0 bridgehead atoms. The van der Waals surface area contributed by atoms with Crippen LogP contribution in [0.2, 0.25) is 0 Å². The first kappa shape index (κ1) is 34.2. The molecule has 8 heteroatoms. The van der Waals surface area contributed by atoms with Crippen LogP contribution in [0, 0.1) is 0 Å². The Labute approximate surface area is 298 Å². The molecule has 1 fully saturated rings. The van der Waals surface area contributed by atoms with Gasteiger partial charge in [-0.05, 0) is 71.6 Å². The Morgan fingerprint density at radius 3 is 2.33 bits per heavy atom. The Morgan fingerprint density at radius 1 is 0.824 bits per heavy atom. The van der Waals surface area contributed by atoms with E-state index in [-0.39, 0.29) is 36.5 Å². The maximum Gasteiger partial charge on any atom is 0.271 e. The lowest BCUT2D eigenvalue weighted by Crippen LogP contribution is -2.38.